The van der Waals surface area contributed by atoms with Crippen molar-refractivity contribution in [3.8, 4) is 11.5 Å². The molecule has 0 spiro atoms. The molecule has 1 aromatic carbocycles. The molecule has 0 aliphatic carbocycles. The molecule has 3 heterocycles. The number of carbonyl (C=O) groups excluding carboxylic acids is 1. The van der Waals surface area contributed by atoms with E-state index in [4.69, 9.17) is 16.0 Å². The molecule has 0 radical (unpaired) electrons. The number of aryl methyl sites for hydroxylation is 3. The van der Waals surface area contributed by atoms with Crippen LogP contribution in [0, 0.1) is 13.8 Å². The van der Waals surface area contributed by atoms with Gasteiger partial charge in [-0.1, -0.05) is 30.7 Å². The second-order valence-corrected chi connectivity index (χ2v) is 9.36. The van der Waals surface area contributed by atoms with Gasteiger partial charge < -0.3 is 9.32 Å². The fourth-order valence-corrected chi connectivity index (χ4v) is 4.79. The second kappa shape index (κ2) is 9.84. The van der Waals surface area contributed by atoms with Crippen molar-refractivity contribution in [2.24, 2.45) is 0 Å². The Hall–Kier alpha value is -3.04. The second-order valence-electron chi connectivity index (χ2n) is 7.75. The first-order valence-electron chi connectivity index (χ1n) is 10.7. The SMILES string of the molecule is CCCN(Cc1nnc(-c2ccccc2Cl)o1)C(=O)CCn1cnc2sc(C)c(C)c2c1=O. The molecule has 0 atom stereocenters. The molecule has 0 bridgehead atoms. The zero-order valence-corrected chi connectivity index (χ0v) is 20.2. The summed E-state index contributed by atoms with van der Waals surface area (Å²) in [6, 6.07) is 7.21. The number of thiophene rings is 1. The molecule has 8 nitrogen and oxygen atoms in total. The zero-order chi connectivity index (χ0) is 23.5. The average molecular weight is 486 g/mol. The number of fused-ring (bicyclic) bond motifs is 1. The van der Waals surface area contributed by atoms with E-state index in [0.717, 1.165) is 21.7 Å². The van der Waals surface area contributed by atoms with Crippen molar-refractivity contribution in [2.75, 3.05) is 6.54 Å². The molecule has 1 amide bonds. The van der Waals surface area contributed by atoms with E-state index in [1.807, 2.05) is 32.9 Å². The highest BCUT2D eigenvalue weighted by molar-refractivity contribution is 7.18. The Labute approximate surface area is 199 Å². The minimum atomic E-state index is -0.113. The van der Waals surface area contributed by atoms with Crippen LogP contribution in [-0.4, -0.2) is 37.1 Å². The van der Waals surface area contributed by atoms with Gasteiger partial charge in [0.25, 0.3) is 5.56 Å². The minimum absolute atomic E-state index is 0.0976. The van der Waals surface area contributed by atoms with Gasteiger partial charge in [0.2, 0.25) is 17.7 Å². The molecule has 0 saturated heterocycles. The van der Waals surface area contributed by atoms with Crippen LogP contribution < -0.4 is 5.56 Å². The first kappa shape index (κ1) is 23.1. The molecular formula is C23H24ClN5O3S. The van der Waals surface area contributed by atoms with Crippen molar-refractivity contribution in [3.05, 3.63) is 62.3 Å². The average Bonchev–Trinajstić information content (AvgIpc) is 3.37. The first-order chi connectivity index (χ1) is 15.9. The first-order valence-corrected chi connectivity index (χ1v) is 11.9. The van der Waals surface area contributed by atoms with Gasteiger partial charge in [-0.05, 0) is 38.0 Å². The van der Waals surface area contributed by atoms with Crippen LogP contribution in [0.25, 0.3) is 21.7 Å². The zero-order valence-electron chi connectivity index (χ0n) is 18.7. The third kappa shape index (κ3) is 4.84. The summed E-state index contributed by atoms with van der Waals surface area (Å²) in [6.07, 6.45) is 2.46. The molecule has 4 aromatic rings. The predicted molar refractivity (Wildman–Crippen MR) is 128 cm³/mol. The number of carbonyl (C=O) groups is 1. The smallest absolute Gasteiger partial charge is 0.262 e. The number of nitrogens with zero attached hydrogens (tertiary/aromatic N) is 5. The lowest BCUT2D eigenvalue weighted by Gasteiger charge is -2.20. The van der Waals surface area contributed by atoms with E-state index in [2.05, 4.69) is 15.2 Å². The molecule has 0 aliphatic heterocycles. The summed E-state index contributed by atoms with van der Waals surface area (Å²) in [5.41, 5.74) is 1.48. The highest BCUT2D eigenvalue weighted by Gasteiger charge is 2.19. The number of aromatic nitrogens is 4. The Kier molecular flexibility index (Phi) is 6.90. The van der Waals surface area contributed by atoms with Crippen LogP contribution in [0.2, 0.25) is 5.02 Å². The van der Waals surface area contributed by atoms with Crippen molar-refractivity contribution in [2.45, 2.75) is 46.7 Å². The predicted octanol–water partition coefficient (Wildman–Crippen LogP) is 4.61. The lowest BCUT2D eigenvalue weighted by atomic mass is 10.2. The number of halogens is 1. The van der Waals surface area contributed by atoms with E-state index < -0.39 is 0 Å². The fraction of sp³-hybridized carbons (Fsp3) is 0.348. The van der Waals surface area contributed by atoms with Crippen LogP contribution in [-0.2, 0) is 17.9 Å². The number of hydrogen-bond acceptors (Lipinski definition) is 7. The van der Waals surface area contributed by atoms with E-state index in [1.54, 1.807) is 17.0 Å². The van der Waals surface area contributed by atoms with Gasteiger partial charge in [-0.25, -0.2) is 4.98 Å². The van der Waals surface area contributed by atoms with E-state index in [1.165, 1.54) is 22.2 Å². The number of amides is 1. The Morgan fingerprint density at radius 1 is 1.24 bits per heavy atom. The van der Waals surface area contributed by atoms with Crippen molar-refractivity contribution in [1.82, 2.24) is 24.6 Å². The maximum atomic E-state index is 13.0. The molecule has 0 fully saturated rings. The van der Waals surface area contributed by atoms with Gasteiger partial charge in [0.05, 0.1) is 28.8 Å². The summed E-state index contributed by atoms with van der Waals surface area (Å²) in [5, 5.41) is 9.31. The molecule has 3 aromatic heterocycles. The summed E-state index contributed by atoms with van der Waals surface area (Å²) < 4.78 is 7.26. The van der Waals surface area contributed by atoms with Crippen molar-refractivity contribution < 1.29 is 9.21 Å². The van der Waals surface area contributed by atoms with Crippen LogP contribution in [0.15, 0.2) is 39.8 Å². The fourth-order valence-electron chi connectivity index (χ4n) is 3.59. The van der Waals surface area contributed by atoms with E-state index in [0.29, 0.717) is 34.3 Å². The maximum Gasteiger partial charge on any atom is 0.262 e. The van der Waals surface area contributed by atoms with Gasteiger partial charge in [-0.3, -0.25) is 14.2 Å². The Bertz CT molecular complexity index is 1360. The van der Waals surface area contributed by atoms with Crippen molar-refractivity contribution in [1.29, 1.82) is 0 Å². The molecule has 0 saturated carbocycles. The van der Waals surface area contributed by atoms with Gasteiger partial charge >= 0.3 is 0 Å². The van der Waals surface area contributed by atoms with Gasteiger partial charge in [-0.15, -0.1) is 21.5 Å². The standard InChI is InChI=1S/C23H24ClN5O3S/c1-4-10-28(12-18-26-27-21(32-18)16-7-5-6-8-17(16)24)19(30)9-11-29-13-25-22-20(23(29)31)14(2)15(3)33-22/h5-8,13H,4,9-12H2,1-3H3. The molecule has 0 aliphatic rings. The molecular weight excluding hydrogens is 462 g/mol. The van der Waals surface area contributed by atoms with Gasteiger partial charge in [0, 0.05) is 24.4 Å². The van der Waals surface area contributed by atoms with Gasteiger partial charge in [0.1, 0.15) is 4.83 Å². The monoisotopic (exact) mass is 485 g/mol. The molecule has 0 N–H and O–H groups in total. The van der Waals surface area contributed by atoms with Crippen molar-refractivity contribution >= 4 is 39.1 Å². The number of hydrogen-bond donors (Lipinski definition) is 0. The normalized spacial score (nSPS) is 11.3. The lowest BCUT2D eigenvalue weighted by molar-refractivity contribution is -0.132. The molecule has 172 valence electrons. The summed E-state index contributed by atoms with van der Waals surface area (Å²) in [7, 11) is 0. The summed E-state index contributed by atoms with van der Waals surface area (Å²) in [5.74, 6) is 0.544. The highest BCUT2D eigenvalue weighted by Crippen LogP contribution is 2.27. The van der Waals surface area contributed by atoms with E-state index in [9.17, 15) is 9.59 Å². The molecule has 0 unspecified atom stereocenters. The van der Waals surface area contributed by atoms with Crippen LogP contribution in [0.3, 0.4) is 0 Å². The lowest BCUT2D eigenvalue weighted by Crippen LogP contribution is -2.33. The number of rotatable bonds is 8. The summed E-state index contributed by atoms with van der Waals surface area (Å²) in [6.45, 7) is 6.89. The molecule has 33 heavy (non-hydrogen) atoms. The van der Waals surface area contributed by atoms with E-state index in [-0.39, 0.29) is 31.0 Å². The quantitative estimate of drug-likeness (QED) is 0.362. The highest BCUT2D eigenvalue weighted by atomic mass is 35.5. The Morgan fingerprint density at radius 2 is 2.03 bits per heavy atom. The van der Waals surface area contributed by atoms with Crippen LogP contribution in [0.5, 0.6) is 0 Å². The third-order valence-corrected chi connectivity index (χ3v) is 6.91. The third-order valence-electron chi connectivity index (χ3n) is 5.47. The maximum absolute atomic E-state index is 13.0. The number of benzene rings is 1. The van der Waals surface area contributed by atoms with Crippen LogP contribution >= 0.6 is 22.9 Å². The topological polar surface area (TPSA) is 94.1 Å². The van der Waals surface area contributed by atoms with Crippen LogP contribution in [0.1, 0.15) is 36.1 Å². The van der Waals surface area contributed by atoms with Gasteiger partial charge in [-0.2, -0.15) is 0 Å². The summed E-state index contributed by atoms with van der Waals surface area (Å²) >= 11 is 7.72. The van der Waals surface area contributed by atoms with E-state index >= 15 is 0 Å². The van der Waals surface area contributed by atoms with Crippen molar-refractivity contribution in [3.63, 3.8) is 0 Å². The Balaban J connectivity index is 1.47. The van der Waals surface area contributed by atoms with Gasteiger partial charge in [0.15, 0.2) is 0 Å². The molecule has 4 rings (SSSR count). The largest absolute Gasteiger partial charge is 0.419 e. The van der Waals surface area contributed by atoms with Crippen LogP contribution in [0.4, 0.5) is 0 Å². The Morgan fingerprint density at radius 3 is 2.79 bits per heavy atom. The summed E-state index contributed by atoms with van der Waals surface area (Å²) in [4.78, 5) is 33.7. The molecule has 10 heteroatoms. The minimum Gasteiger partial charge on any atom is -0.419 e.